The summed E-state index contributed by atoms with van der Waals surface area (Å²) in [5.41, 5.74) is 2.65. The van der Waals surface area contributed by atoms with Crippen molar-refractivity contribution < 1.29 is 5.11 Å². The molecule has 0 aromatic carbocycles. The number of hydrogen-bond donors (Lipinski definition) is 2. The Morgan fingerprint density at radius 1 is 1.33 bits per heavy atom. The van der Waals surface area contributed by atoms with Gasteiger partial charge >= 0.3 is 0 Å². The highest BCUT2D eigenvalue weighted by atomic mass is 16.3. The van der Waals surface area contributed by atoms with Gasteiger partial charge in [0.1, 0.15) is 0 Å². The molecule has 1 aliphatic rings. The number of aliphatic hydroxyl groups is 1. The summed E-state index contributed by atoms with van der Waals surface area (Å²) in [6, 6.07) is 2.06. The Labute approximate surface area is 110 Å². The molecular formula is C15H24N2O. The SMILES string of the molecule is Cc1cnccc1CNCC1(CO)CCCCC1. The number of aliphatic hydroxyl groups excluding tert-OH is 1. The summed E-state index contributed by atoms with van der Waals surface area (Å²) in [6.45, 7) is 4.20. The number of nitrogens with one attached hydrogen (secondary N) is 1. The van der Waals surface area contributed by atoms with E-state index in [2.05, 4.69) is 23.3 Å². The zero-order valence-electron chi connectivity index (χ0n) is 11.3. The van der Waals surface area contributed by atoms with Crippen LogP contribution in [0.1, 0.15) is 43.2 Å². The van der Waals surface area contributed by atoms with Gasteiger partial charge in [-0.25, -0.2) is 0 Å². The third kappa shape index (κ3) is 3.30. The summed E-state index contributed by atoms with van der Waals surface area (Å²) < 4.78 is 0. The molecule has 18 heavy (non-hydrogen) atoms. The Kier molecular flexibility index (Phi) is 4.72. The molecule has 3 heteroatoms. The fourth-order valence-electron chi connectivity index (χ4n) is 2.86. The second-order valence-electron chi connectivity index (χ2n) is 5.62. The third-order valence-electron chi connectivity index (χ3n) is 4.20. The molecule has 0 atom stereocenters. The van der Waals surface area contributed by atoms with Crippen molar-refractivity contribution in [1.82, 2.24) is 10.3 Å². The molecule has 1 aromatic rings. The summed E-state index contributed by atoms with van der Waals surface area (Å²) >= 11 is 0. The number of aryl methyl sites for hydroxylation is 1. The minimum Gasteiger partial charge on any atom is -0.396 e. The van der Waals surface area contributed by atoms with Crippen molar-refractivity contribution in [2.75, 3.05) is 13.2 Å². The lowest BCUT2D eigenvalue weighted by Crippen LogP contribution is -2.38. The lowest BCUT2D eigenvalue weighted by Gasteiger charge is -2.35. The van der Waals surface area contributed by atoms with Crippen molar-refractivity contribution in [2.45, 2.75) is 45.6 Å². The molecule has 1 heterocycles. The zero-order valence-corrected chi connectivity index (χ0v) is 11.3. The predicted molar refractivity (Wildman–Crippen MR) is 73.3 cm³/mol. The van der Waals surface area contributed by atoms with Gasteiger partial charge in [0, 0.05) is 37.5 Å². The maximum absolute atomic E-state index is 9.64. The van der Waals surface area contributed by atoms with E-state index in [9.17, 15) is 5.11 Å². The van der Waals surface area contributed by atoms with Crippen LogP contribution in [-0.2, 0) is 6.54 Å². The molecule has 2 N–H and O–H groups in total. The first-order valence-electron chi connectivity index (χ1n) is 6.97. The van der Waals surface area contributed by atoms with E-state index in [0.29, 0.717) is 6.61 Å². The maximum atomic E-state index is 9.64. The molecule has 0 unspecified atom stereocenters. The number of nitrogens with zero attached hydrogens (tertiary/aromatic N) is 1. The van der Waals surface area contributed by atoms with Crippen LogP contribution >= 0.6 is 0 Å². The van der Waals surface area contributed by atoms with Gasteiger partial charge < -0.3 is 10.4 Å². The average molecular weight is 248 g/mol. The van der Waals surface area contributed by atoms with Gasteiger partial charge in [-0.15, -0.1) is 0 Å². The van der Waals surface area contributed by atoms with Gasteiger partial charge in [0.15, 0.2) is 0 Å². The highest BCUT2D eigenvalue weighted by Crippen LogP contribution is 2.35. The normalized spacial score (nSPS) is 18.8. The van der Waals surface area contributed by atoms with E-state index in [4.69, 9.17) is 0 Å². The van der Waals surface area contributed by atoms with Crippen LogP contribution in [0.3, 0.4) is 0 Å². The van der Waals surface area contributed by atoms with E-state index in [0.717, 1.165) is 25.9 Å². The number of hydrogen-bond acceptors (Lipinski definition) is 3. The molecule has 1 saturated carbocycles. The first kappa shape index (κ1) is 13.5. The maximum Gasteiger partial charge on any atom is 0.0499 e. The molecule has 0 amide bonds. The summed E-state index contributed by atoms with van der Waals surface area (Å²) in [4.78, 5) is 4.10. The van der Waals surface area contributed by atoms with E-state index in [1.54, 1.807) is 0 Å². The van der Waals surface area contributed by atoms with E-state index in [-0.39, 0.29) is 5.41 Å². The summed E-state index contributed by atoms with van der Waals surface area (Å²) in [5, 5.41) is 13.2. The Morgan fingerprint density at radius 3 is 2.78 bits per heavy atom. The van der Waals surface area contributed by atoms with E-state index < -0.39 is 0 Å². The second-order valence-corrected chi connectivity index (χ2v) is 5.62. The largest absolute Gasteiger partial charge is 0.396 e. The van der Waals surface area contributed by atoms with Crippen LogP contribution in [0, 0.1) is 12.3 Å². The Bertz CT molecular complexity index is 373. The molecule has 1 aromatic heterocycles. The highest BCUT2D eigenvalue weighted by Gasteiger charge is 2.30. The fourth-order valence-corrected chi connectivity index (χ4v) is 2.86. The first-order valence-corrected chi connectivity index (χ1v) is 6.97. The van der Waals surface area contributed by atoms with Crippen molar-refractivity contribution in [2.24, 2.45) is 5.41 Å². The average Bonchev–Trinajstić information content (AvgIpc) is 2.42. The van der Waals surface area contributed by atoms with Crippen LogP contribution in [0.4, 0.5) is 0 Å². The van der Waals surface area contributed by atoms with Gasteiger partial charge in [-0.2, -0.15) is 0 Å². The number of aromatic nitrogens is 1. The van der Waals surface area contributed by atoms with Crippen molar-refractivity contribution >= 4 is 0 Å². The monoisotopic (exact) mass is 248 g/mol. The topological polar surface area (TPSA) is 45.2 Å². The van der Waals surface area contributed by atoms with Crippen molar-refractivity contribution in [3.63, 3.8) is 0 Å². The highest BCUT2D eigenvalue weighted by molar-refractivity contribution is 5.21. The van der Waals surface area contributed by atoms with Crippen molar-refractivity contribution in [3.8, 4) is 0 Å². The Morgan fingerprint density at radius 2 is 2.11 bits per heavy atom. The minimum absolute atomic E-state index is 0.124. The van der Waals surface area contributed by atoms with Crippen LogP contribution < -0.4 is 5.32 Å². The van der Waals surface area contributed by atoms with E-state index in [1.165, 1.54) is 30.4 Å². The van der Waals surface area contributed by atoms with Gasteiger partial charge in [-0.3, -0.25) is 4.98 Å². The second kappa shape index (κ2) is 6.30. The van der Waals surface area contributed by atoms with Gasteiger partial charge in [0.05, 0.1) is 0 Å². The van der Waals surface area contributed by atoms with Gasteiger partial charge in [-0.1, -0.05) is 19.3 Å². The van der Waals surface area contributed by atoms with Gasteiger partial charge in [-0.05, 0) is 37.0 Å². The molecule has 1 aliphatic carbocycles. The molecule has 0 spiro atoms. The lowest BCUT2D eigenvalue weighted by atomic mass is 9.74. The summed E-state index contributed by atoms with van der Waals surface area (Å²) in [7, 11) is 0. The number of pyridine rings is 1. The number of rotatable bonds is 5. The first-order chi connectivity index (χ1) is 8.76. The molecule has 0 saturated heterocycles. The Balaban J connectivity index is 1.85. The minimum atomic E-state index is 0.124. The molecule has 2 rings (SSSR count). The van der Waals surface area contributed by atoms with Crippen LogP contribution in [0.2, 0.25) is 0 Å². The zero-order chi connectivity index (χ0) is 12.8. The van der Waals surface area contributed by atoms with Crippen LogP contribution in [0.5, 0.6) is 0 Å². The Hall–Kier alpha value is -0.930. The smallest absolute Gasteiger partial charge is 0.0499 e. The van der Waals surface area contributed by atoms with E-state index >= 15 is 0 Å². The molecule has 100 valence electrons. The summed E-state index contributed by atoms with van der Waals surface area (Å²) in [6.07, 6.45) is 9.90. The molecule has 3 nitrogen and oxygen atoms in total. The van der Waals surface area contributed by atoms with Crippen LogP contribution in [0.15, 0.2) is 18.5 Å². The third-order valence-corrected chi connectivity index (χ3v) is 4.20. The van der Waals surface area contributed by atoms with Gasteiger partial charge in [0.2, 0.25) is 0 Å². The van der Waals surface area contributed by atoms with Gasteiger partial charge in [0.25, 0.3) is 0 Å². The predicted octanol–water partition coefficient (Wildman–Crippen LogP) is 2.42. The van der Waals surface area contributed by atoms with Crippen molar-refractivity contribution in [1.29, 1.82) is 0 Å². The standard InChI is InChI=1S/C15H24N2O/c1-13-9-16-8-5-14(13)10-17-11-15(12-18)6-3-2-4-7-15/h5,8-9,17-18H,2-4,6-7,10-12H2,1H3. The summed E-state index contributed by atoms with van der Waals surface area (Å²) in [5.74, 6) is 0. The lowest BCUT2D eigenvalue weighted by molar-refractivity contribution is 0.0810. The van der Waals surface area contributed by atoms with E-state index in [1.807, 2.05) is 12.4 Å². The fraction of sp³-hybridized carbons (Fsp3) is 0.667. The molecule has 0 bridgehead atoms. The quantitative estimate of drug-likeness (QED) is 0.841. The molecule has 0 radical (unpaired) electrons. The van der Waals surface area contributed by atoms with Crippen LogP contribution in [-0.4, -0.2) is 23.2 Å². The molecular weight excluding hydrogens is 224 g/mol. The van der Waals surface area contributed by atoms with Crippen molar-refractivity contribution in [3.05, 3.63) is 29.6 Å². The van der Waals surface area contributed by atoms with Crippen LogP contribution in [0.25, 0.3) is 0 Å². The molecule has 0 aliphatic heterocycles. The molecule has 1 fully saturated rings.